The third kappa shape index (κ3) is 2.80. The number of hydrogen-bond acceptors (Lipinski definition) is 4. The lowest BCUT2D eigenvalue weighted by Gasteiger charge is -2.52. The normalized spacial score (nSPS) is 23.8. The number of methoxy groups -OCH3 is 1. The molecule has 1 saturated carbocycles. The van der Waals surface area contributed by atoms with E-state index < -0.39 is 0 Å². The molecule has 1 N–H and O–H groups in total. The molecule has 0 amide bonds. The first-order valence-corrected chi connectivity index (χ1v) is 7.05. The second-order valence-corrected chi connectivity index (χ2v) is 5.77. The molecule has 1 fully saturated rings. The fourth-order valence-corrected chi connectivity index (χ4v) is 2.67. The van der Waals surface area contributed by atoms with Gasteiger partial charge in [0.1, 0.15) is 0 Å². The van der Waals surface area contributed by atoms with E-state index in [1.54, 1.807) is 6.07 Å². The van der Waals surface area contributed by atoms with E-state index in [2.05, 4.69) is 19.2 Å². The SMILES string of the molecule is CCOC1CC(Nc2cccc(C(=O)OC)c2)C1(C)C. The third-order valence-electron chi connectivity index (χ3n) is 4.17. The summed E-state index contributed by atoms with van der Waals surface area (Å²) in [6.07, 6.45) is 1.29. The Kier molecular flexibility index (Phi) is 4.33. The lowest BCUT2D eigenvalue weighted by atomic mass is 9.64. The molecule has 1 aromatic rings. The minimum absolute atomic E-state index is 0.0945. The number of carbonyl (C=O) groups is 1. The van der Waals surface area contributed by atoms with Gasteiger partial charge < -0.3 is 14.8 Å². The summed E-state index contributed by atoms with van der Waals surface area (Å²) < 4.78 is 10.5. The van der Waals surface area contributed by atoms with E-state index in [4.69, 9.17) is 9.47 Å². The predicted molar refractivity (Wildman–Crippen MR) is 79.0 cm³/mol. The zero-order valence-electron chi connectivity index (χ0n) is 12.6. The van der Waals surface area contributed by atoms with Gasteiger partial charge in [-0.05, 0) is 31.5 Å². The summed E-state index contributed by atoms with van der Waals surface area (Å²) in [5.41, 5.74) is 1.61. The number of ether oxygens (including phenoxy) is 2. The summed E-state index contributed by atoms with van der Waals surface area (Å²) >= 11 is 0. The minimum atomic E-state index is -0.311. The van der Waals surface area contributed by atoms with Gasteiger partial charge in [0.05, 0.1) is 18.8 Å². The van der Waals surface area contributed by atoms with Crippen molar-refractivity contribution in [1.29, 1.82) is 0 Å². The summed E-state index contributed by atoms with van der Waals surface area (Å²) in [7, 11) is 1.39. The highest BCUT2D eigenvalue weighted by Gasteiger charge is 2.48. The van der Waals surface area contributed by atoms with Crippen LogP contribution < -0.4 is 5.32 Å². The highest BCUT2D eigenvalue weighted by molar-refractivity contribution is 5.90. The van der Waals surface area contributed by atoms with Crippen molar-refractivity contribution >= 4 is 11.7 Å². The van der Waals surface area contributed by atoms with Gasteiger partial charge in [0.2, 0.25) is 0 Å². The van der Waals surface area contributed by atoms with Crippen LogP contribution in [0.2, 0.25) is 0 Å². The maximum Gasteiger partial charge on any atom is 0.337 e. The molecular weight excluding hydrogens is 254 g/mol. The highest BCUT2D eigenvalue weighted by Crippen LogP contribution is 2.44. The van der Waals surface area contributed by atoms with E-state index >= 15 is 0 Å². The maximum atomic E-state index is 11.5. The zero-order valence-corrected chi connectivity index (χ0v) is 12.6. The highest BCUT2D eigenvalue weighted by atomic mass is 16.5. The van der Waals surface area contributed by atoms with Crippen LogP contribution in [0.4, 0.5) is 5.69 Å². The lowest BCUT2D eigenvalue weighted by Crippen LogP contribution is -2.58. The van der Waals surface area contributed by atoms with E-state index in [-0.39, 0.29) is 11.4 Å². The molecule has 0 spiro atoms. The van der Waals surface area contributed by atoms with Crippen LogP contribution in [-0.4, -0.2) is 31.8 Å². The van der Waals surface area contributed by atoms with Gasteiger partial charge in [0.15, 0.2) is 0 Å². The Labute approximate surface area is 120 Å². The molecule has 110 valence electrons. The second-order valence-electron chi connectivity index (χ2n) is 5.77. The largest absolute Gasteiger partial charge is 0.465 e. The molecule has 1 aliphatic carbocycles. The monoisotopic (exact) mass is 277 g/mol. The molecule has 1 aromatic carbocycles. The quantitative estimate of drug-likeness (QED) is 0.840. The van der Waals surface area contributed by atoms with Gasteiger partial charge in [-0.2, -0.15) is 0 Å². The van der Waals surface area contributed by atoms with E-state index in [9.17, 15) is 4.79 Å². The van der Waals surface area contributed by atoms with Crippen LogP contribution in [-0.2, 0) is 9.47 Å². The van der Waals surface area contributed by atoms with Gasteiger partial charge >= 0.3 is 5.97 Å². The van der Waals surface area contributed by atoms with Crippen molar-refractivity contribution in [1.82, 2.24) is 0 Å². The van der Waals surface area contributed by atoms with Crippen LogP contribution in [0.5, 0.6) is 0 Å². The average molecular weight is 277 g/mol. The van der Waals surface area contributed by atoms with Gasteiger partial charge in [-0.15, -0.1) is 0 Å². The number of anilines is 1. The zero-order chi connectivity index (χ0) is 14.8. The fraction of sp³-hybridized carbons (Fsp3) is 0.562. The molecule has 0 aliphatic heterocycles. The molecule has 0 saturated heterocycles. The smallest absolute Gasteiger partial charge is 0.337 e. The number of nitrogens with one attached hydrogen (secondary N) is 1. The second kappa shape index (κ2) is 5.83. The maximum absolute atomic E-state index is 11.5. The van der Waals surface area contributed by atoms with E-state index in [0.717, 1.165) is 18.7 Å². The number of carbonyl (C=O) groups excluding carboxylic acids is 1. The van der Waals surface area contributed by atoms with Gasteiger partial charge in [-0.3, -0.25) is 0 Å². The van der Waals surface area contributed by atoms with Crippen LogP contribution in [0.3, 0.4) is 0 Å². The molecule has 1 aliphatic rings. The van der Waals surface area contributed by atoms with Gasteiger partial charge in [-0.1, -0.05) is 19.9 Å². The molecule has 2 rings (SSSR count). The van der Waals surface area contributed by atoms with E-state index in [1.807, 2.05) is 25.1 Å². The summed E-state index contributed by atoms with van der Waals surface area (Å²) in [6, 6.07) is 7.77. The molecule has 0 bridgehead atoms. The number of benzene rings is 1. The summed E-state index contributed by atoms with van der Waals surface area (Å²) in [4.78, 5) is 11.5. The van der Waals surface area contributed by atoms with Crippen molar-refractivity contribution in [3.63, 3.8) is 0 Å². The Hall–Kier alpha value is -1.55. The molecule has 2 atom stereocenters. The fourth-order valence-electron chi connectivity index (χ4n) is 2.67. The number of rotatable bonds is 5. The molecule has 2 unspecified atom stereocenters. The van der Waals surface area contributed by atoms with Crippen molar-refractivity contribution < 1.29 is 14.3 Å². The third-order valence-corrected chi connectivity index (χ3v) is 4.17. The molecular formula is C16H23NO3. The Bertz CT molecular complexity index is 484. The van der Waals surface area contributed by atoms with Crippen LogP contribution in [0.15, 0.2) is 24.3 Å². The first kappa shape index (κ1) is 14.9. The van der Waals surface area contributed by atoms with Gasteiger partial charge in [0.25, 0.3) is 0 Å². The first-order valence-electron chi connectivity index (χ1n) is 7.05. The molecule has 4 heteroatoms. The van der Waals surface area contributed by atoms with Crippen LogP contribution in [0.1, 0.15) is 37.6 Å². The topological polar surface area (TPSA) is 47.6 Å². The standard InChI is InChI=1S/C16H23NO3/c1-5-20-14-10-13(16(14,2)3)17-12-8-6-7-11(9-12)15(18)19-4/h6-9,13-14,17H,5,10H2,1-4H3. The molecule has 20 heavy (non-hydrogen) atoms. The average Bonchev–Trinajstić information content (AvgIpc) is 2.45. The summed E-state index contributed by atoms with van der Waals surface area (Å²) in [5.74, 6) is -0.311. The van der Waals surface area contributed by atoms with Crippen molar-refractivity contribution in [3.8, 4) is 0 Å². The first-order chi connectivity index (χ1) is 9.48. The molecule has 4 nitrogen and oxygen atoms in total. The van der Waals surface area contributed by atoms with E-state index in [0.29, 0.717) is 17.7 Å². The van der Waals surface area contributed by atoms with Gasteiger partial charge in [0, 0.05) is 23.8 Å². The lowest BCUT2D eigenvalue weighted by molar-refractivity contribution is -0.0975. The van der Waals surface area contributed by atoms with Crippen LogP contribution >= 0.6 is 0 Å². The Morgan fingerprint density at radius 3 is 2.80 bits per heavy atom. The van der Waals surface area contributed by atoms with Crippen molar-refractivity contribution in [2.45, 2.75) is 39.3 Å². The Balaban J connectivity index is 2.03. The Morgan fingerprint density at radius 1 is 1.45 bits per heavy atom. The summed E-state index contributed by atoms with van der Waals surface area (Å²) in [5, 5.41) is 3.49. The van der Waals surface area contributed by atoms with Crippen LogP contribution in [0, 0.1) is 5.41 Å². The number of esters is 1. The summed E-state index contributed by atoms with van der Waals surface area (Å²) in [6.45, 7) is 7.19. The molecule has 0 aromatic heterocycles. The molecule has 0 heterocycles. The van der Waals surface area contributed by atoms with Crippen LogP contribution in [0.25, 0.3) is 0 Å². The minimum Gasteiger partial charge on any atom is -0.465 e. The van der Waals surface area contributed by atoms with Crippen molar-refractivity contribution in [2.24, 2.45) is 5.41 Å². The van der Waals surface area contributed by atoms with Gasteiger partial charge in [-0.25, -0.2) is 4.79 Å². The number of hydrogen-bond donors (Lipinski definition) is 1. The Morgan fingerprint density at radius 2 is 2.20 bits per heavy atom. The van der Waals surface area contributed by atoms with Crippen molar-refractivity contribution in [2.75, 3.05) is 19.0 Å². The predicted octanol–water partition coefficient (Wildman–Crippen LogP) is 3.09. The molecule has 0 radical (unpaired) electrons. The van der Waals surface area contributed by atoms with E-state index in [1.165, 1.54) is 7.11 Å². The van der Waals surface area contributed by atoms with Crippen molar-refractivity contribution in [3.05, 3.63) is 29.8 Å².